The molecular weight excluding hydrogens is 316 g/mol. The molecule has 1 N–H and O–H groups in total. The summed E-state index contributed by atoms with van der Waals surface area (Å²) in [5, 5.41) is 6.96. The molecule has 128 valence electrons. The molecule has 3 rings (SSSR count). The van der Waals surface area contributed by atoms with Gasteiger partial charge in [-0.15, -0.1) is 0 Å². The van der Waals surface area contributed by atoms with Crippen molar-refractivity contribution >= 4 is 5.91 Å². The molecule has 1 saturated heterocycles. The van der Waals surface area contributed by atoms with Crippen LogP contribution in [0.1, 0.15) is 23.7 Å². The minimum atomic E-state index is -0.706. The van der Waals surface area contributed by atoms with Gasteiger partial charge in [0.15, 0.2) is 0 Å². The van der Waals surface area contributed by atoms with Crippen molar-refractivity contribution in [3.05, 3.63) is 53.4 Å². The largest absolute Gasteiger partial charge is 0.373 e. The lowest BCUT2D eigenvalue weighted by Gasteiger charge is -2.17. The topological polar surface area (TPSA) is 56.1 Å². The molecule has 0 unspecified atom stereocenters. The zero-order chi connectivity index (χ0) is 17.1. The van der Waals surface area contributed by atoms with Gasteiger partial charge < -0.3 is 10.1 Å². The molecule has 1 aromatic heterocycles. The predicted molar refractivity (Wildman–Crippen MR) is 83.1 cm³/mol. The molecule has 1 aliphatic rings. The average molecular weight is 335 g/mol. The van der Waals surface area contributed by atoms with Crippen molar-refractivity contribution in [2.45, 2.75) is 18.9 Å². The summed E-state index contributed by atoms with van der Waals surface area (Å²) < 4.78 is 33.9. The van der Waals surface area contributed by atoms with E-state index in [1.54, 1.807) is 10.9 Å². The molecule has 0 bridgehead atoms. The summed E-state index contributed by atoms with van der Waals surface area (Å²) in [5.41, 5.74) is 1.17. The Balaban J connectivity index is 1.55. The highest BCUT2D eigenvalue weighted by Crippen LogP contribution is 2.33. The molecular formula is C17H19F2N3O2. The maximum Gasteiger partial charge on any atom is 0.224 e. The van der Waals surface area contributed by atoms with E-state index in [2.05, 4.69) is 10.4 Å². The molecule has 24 heavy (non-hydrogen) atoms. The van der Waals surface area contributed by atoms with E-state index in [0.29, 0.717) is 13.2 Å². The molecule has 0 spiro atoms. The molecule has 2 atom stereocenters. The van der Waals surface area contributed by atoms with Crippen LogP contribution in [-0.4, -0.2) is 28.8 Å². The van der Waals surface area contributed by atoms with Crippen LogP contribution in [0.4, 0.5) is 8.78 Å². The molecule has 5 nitrogen and oxygen atoms in total. The van der Waals surface area contributed by atoms with Crippen LogP contribution in [0.2, 0.25) is 0 Å². The van der Waals surface area contributed by atoms with Crippen molar-refractivity contribution in [3.63, 3.8) is 0 Å². The molecule has 1 fully saturated rings. The lowest BCUT2D eigenvalue weighted by molar-refractivity contribution is -0.120. The fourth-order valence-electron chi connectivity index (χ4n) is 2.94. The number of nitrogens with zero attached hydrogens (tertiary/aromatic N) is 2. The number of hydrogen-bond donors (Lipinski definition) is 1. The van der Waals surface area contributed by atoms with E-state index >= 15 is 0 Å². The highest BCUT2D eigenvalue weighted by atomic mass is 19.1. The van der Waals surface area contributed by atoms with Crippen LogP contribution in [0.25, 0.3) is 0 Å². The van der Waals surface area contributed by atoms with Crippen molar-refractivity contribution < 1.29 is 18.3 Å². The molecule has 2 aromatic rings. The van der Waals surface area contributed by atoms with Crippen molar-refractivity contribution in [3.8, 4) is 0 Å². The summed E-state index contributed by atoms with van der Waals surface area (Å²) in [6.45, 7) is 1.08. The van der Waals surface area contributed by atoms with Gasteiger partial charge in [0, 0.05) is 43.9 Å². The SMILES string of the molecule is Cn1cc([C@@H]2OCC[C@H]2CNC(=O)Cc2ccc(F)cc2F)cn1. The Kier molecular flexibility index (Phi) is 4.89. The van der Waals surface area contributed by atoms with Gasteiger partial charge in [0.25, 0.3) is 0 Å². The second-order valence-electron chi connectivity index (χ2n) is 6.00. The minimum absolute atomic E-state index is 0.0958. The summed E-state index contributed by atoms with van der Waals surface area (Å²) in [6.07, 6.45) is 4.29. The van der Waals surface area contributed by atoms with Crippen LogP contribution in [0.15, 0.2) is 30.6 Å². The molecule has 0 saturated carbocycles. The van der Waals surface area contributed by atoms with Gasteiger partial charge in [-0.1, -0.05) is 6.07 Å². The van der Waals surface area contributed by atoms with E-state index in [1.807, 2.05) is 13.2 Å². The summed E-state index contributed by atoms with van der Waals surface area (Å²) in [4.78, 5) is 12.0. The van der Waals surface area contributed by atoms with Crippen molar-refractivity contribution in [1.82, 2.24) is 15.1 Å². The number of benzene rings is 1. The number of carbonyl (C=O) groups excluding carboxylic acids is 1. The number of amides is 1. The molecule has 7 heteroatoms. The lowest BCUT2D eigenvalue weighted by atomic mass is 9.97. The van der Waals surface area contributed by atoms with E-state index in [0.717, 1.165) is 24.1 Å². The van der Waals surface area contributed by atoms with E-state index in [9.17, 15) is 13.6 Å². The lowest BCUT2D eigenvalue weighted by Crippen LogP contribution is -2.31. The normalized spacial score (nSPS) is 20.3. The number of ether oxygens (including phenoxy) is 1. The van der Waals surface area contributed by atoms with Crippen LogP contribution in [0.3, 0.4) is 0 Å². The smallest absolute Gasteiger partial charge is 0.224 e. The van der Waals surface area contributed by atoms with Gasteiger partial charge in [0.1, 0.15) is 11.6 Å². The second-order valence-corrected chi connectivity index (χ2v) is 6.00. The zero-order valence-corrected chi connectivity index (χ0v) is 13.3. The predicted octanol–water partition coefficient (Wildman–Crippen LogP) is 2.13. The third-order valence-corrected chi connectivity index (χ3v) is 4.20. The third-order valence-electron chi connectivity index (χ3n) is 4.20. The Bertz CT molecular complexity index is 732. The molecule has 2 heterocycles. The number of carbonyl (C=O) groups is 1. The number of rotatable bonds is 5. The molecule has 1 aliphatic heterocycles. The monoisotopic (exact) mass is 335 g/mol. The third kappa shape index (κ3) is 3.79. The first-order valence-corrected chi connectivity index (χ1v) is 7.83. The van der Waals surface area contributed by atoms with Crippen LogP contribution in [-0.2, 0) is 23.0 Å². The fourth-order valence-corrected chi connectivity index (χ4v) is 2.94. The highest BCUT2D eigenvalue weighted by Gasteiger charge is 2.30. The average Bonchev–Trinajstić information content (AvgIpc) is 3.16. The number of hydrogen-bond acceptors (Lipinski definition) is 3. The number of aryl methyl sites for hydroxylation is 1. The first kappa shape index (κ1) is 16.6. The van der Waals surface area contributed by atoms with E-state index in [-0.39, 0.29) is 29.9 Å². The zero-order valence-electron chi connectivity index (χ0n) is 13.3. The Morgan fingerprint density at radius 3 is 3.00 bits per heavy atom. The number of halogens is 2. The van der Waals surface area contributed by atoms with Gasteiger partial charge in [0.05, 0.1) is 18.7 Å². The first-order chi connectivity index (χ1) is 11.5. The van der Waals surface area contributed by atoms with Gasteiger partial charge in [0.2, 0.25) is 5.91 Å². The number of nitrogens with one attached hydrogen (secondary N) is 1. The van der Waals surface area contributed by atoms with Crippen LogP contribution >= 0.6 is 0 Å². The fraction of sp³-hybridized carbons (Fsp3) is 0.412. The summed E-state index contributed by atoms with van der Waals surface area (Å²) >= 11 is 0. The van der Waals surface area contributed by atoms with Crippen LogP contribution in [0, 0.1) is 17.6 Å². The molecule has 1 aromatic carbocycles. The summed E-state index contributed by atoms with van der Waals surface area (Å²) in [5.74, 6) is -1.50. The maximum atomic E-state index is 13.6. The first-order valence-electron chi connectivity index (χ1n) is 7.83. The Morgan fingerprint density at radius 2 is 2.29 bits per heavy atom. The summed E-state index contributed by atoms with van der Waals surface area (Å²) in [6, 6.07) is 3.22. The molecule has 0 aliphatic carbocycles. The van der Waals surface area contributed by atoms with E-state index in [4.69, 9.17) is 4.74 Å². The Morgan fingerprint density at radius 1 is 1.46 bits per heavy atom. The highest BCUT2D eigenvalue weighted by molar-refractivity contribution is 5.78. The molecule has 0 radical (unpaired) electrons. The van der Waals surface area contributed by atoms with Crippen molar-refractivity contribution in [2.75, 3.05) is 13.2 Å². The van der Waals surface area contributed by atoms with Gasteiger partial charge in [-0.2, -0.15) is 5.10 Å². The number of aromatic nitrogens is 2. The van der Waals surface area contributed by atoms with E-state index < -0.39 is 11.6 Å². The van der Waals surface area contributed by atoms with Gasteiger partial charge in [-0.05, 0) is 18.1 Å². The Hall–Kier alpha value is -2.28. The van der Waals surface area contributed by atoms with Crippen molar-refractivity contribution in [2.24, 2.45) is 13.0 Å². The summed E-state index contributed by atoms with van der Waals surface area (Å²) in [7, 11) is 1.84. The van der Waals surface area contributed by atoms with Gasteiger partial charge in [-0.3, -0.25) is 9.48 Å². The van der Waals surface area contributed by atoms with Crippen LogP contribution in [0.5, 0.6) is 0 Å². The second kappa shape index (κ2) is 7.09. The van der Waals surface area contributed by atoms with Gasteiger partial charge in [-0.25, -0.2) is 8.78 Å². The van der Waals surface area contributed by atoms with Gasteiger partial charge >= 0.3 is 0 Å². The maximum absolute atomic E-state index is 13.6. The van der Waals surface area contributed by atoms with E-state index in [1.165, 1.54) is 6.07 Å². The minimum Gasteiger partial charge on any atom is -0.373 e. The van der Waals surface area contributed by atoms with Crippen LogP contribution < -0.4 is 5.32 Å². The van der Waals surface area contributed by atoms with Crippen molar-refractivity contribution in [1.29, 1.82) is 0 Å². The Labute approximate surface area is 138 Å². The standard InChI is InChI=1S/C17H19F2N3O2/c1-22-10-13(9-21-22)17-12(4-5-24-17)8-20-16(23)6-11-2-3-14(18)7-15(11)19/h2-3,7,9-10,12,17H,4-6,8H2,1H3,(H,20,23)/t12-,17+/m0/s1. The molecule has 1 amide bonds. The quantitative estimate of drug-likeness (QED) is 0.911.